The Bertz CT molecular complexity index is 1250. The van der Waals surface area contributed by atoms with E-state index in [1.807, 2.05) is 31.3 Å². The lowest BCUT2D eigenvalue weighted by Gasteiger charge is -2.16. The lowest BCUT2D eigenvalue weighted by atomic mass is 10.1. The van der Waals surface area contributed by atoms with E-state index in [4.69, 9.17) is 16.3 Å². The highest BCUT2D eigenvalue weighted by atomic mass is 35.5. The van der Waals surface area contributed by atoms with Gasteiger partial charge in [0.2, 0.25) is 11.7 Å². The Balaban J connectivity index is 1.80. The topological polar surface area (TPSA) is 71.9 Å². The first-order chi connectivity index (χ1) is 13.9. The van der Waals surface area contributed by atoms with Crippen LogP contribution >= 0.6 is 11.6 Å². The van der Waals surface area contributed by atoms with Crippen LogP contribution in [0.2, 0.25) is 5.02 Å². The molecule has 4 rings (SSSR count). The summed E-state index contributed by atoms with van der Waals surface area (Å²) >= 11 is 5.98. The fourth-order valence-corrected chi connectivity index (χ4v) is 3.51. The van der Waals surface area contributed by atoms with Crippen molar-refractivity contribution >= 4 is 34.1 Å². The molecule has 148 valence electrons. The molecule has 0 aliphatic heterocycles. The Morgan fingerprint density at radius 3 is 2.86 bits per heavy atom. The van der Waals surface area contributed by atoms with Crippen molar-refractivity contribution in [3.05, 3.63) is 81.1 Å². The summed E-state index contributed by atoms with van der Waals surface area (Å²) in [5.41, 5.74) is 2.93. The molecule has 0 amide bonds. The summed E-state index contributed by atoms with van der Waals surface area (Å²) in [6.45, 7) is 2.22. The molecule has 2 heterocycles. The number of aryl methyl sites for hydroxylation is 1. The van der Waals surface area contributed by atoms with Gasteiger partial charge in [0.25, 0.3) is 0 Å². The molecular weight excluding hydrogens is 395 g/mol. The predicted octanol–water partition coefficient (Wildman–Crippen LogP) is 4.63. The van der Waals surface area contributed by atoms with Gasteiger partial charge in [0.15, 0.2) is 0 Å². The highest BCUT2D eigenvalue weighted by Gasteiger charge is 2.13. The SMILES string of the molecule is COc1cn(Cc2cc(F)cc(Cl)c2)c(Nc2cc(C)cc3[nH]ccc23)nc1=O. The van der Waals surface area contributed by atoms with Crippen LogP contribution in [0.4, 0.5) is 16.0 Å². The number of hydrogen-bond donors (Lipinski definition) is 2. The van der Waals surface area contributed by atoms with Crippen molar-refractivity contribution in [3.8, 4) is 5.75 Å². The molecule has 0 unspecified atom stereocenters. The summed E-state index contributed by atoms with van der Waals surface area (Å²) in [6.07, 6.45) is 3.39. The third kappa shape index (κ3) is 3.95. The monoisotopic (exact) mass is 412 g/mol. The normalized spacial score (nSPS) is 11.0. The van der Waals surface area contributed by atoms with Crippen molar-refractivity contribution in [2.75, 3.05) is 12.4 Å². The van der Waals surface area contributed by atoms with Gasteiger partial charge in [-0.2, -0.15) is 4.98 Å². The van der Waals surface area contributed by atoms with E-state index >= 15 is 0 Å². The molecule has 0 fully saturated rings. The van der Waals surface area contributed by atoms with Gasteiger partial charge in [0.1, 0.15) is 5.82 Å². The fraction of sp³-hybridized carbons (Fsp3) is 0.143. The van der Waals surface area contributed by atoms with Gasteiger partial charge >= 0.3 is 5.56 Å². The van der Waals surface area contributed by atoms with Gasteiger partial charge in [-0.05, 0) is 54.4 Å². The number of rotatable bonds is 5. The van der Waals surface area contributed by atoms with E-state index in [1.54, 1.807) is 16.8 Å². The summed E-state index contributed by atoms with van der Waals surface area (Å²) in [7, 11) is 1.40. The molecular formula is C21H18ClFN4O2. The van der Waals surface area contributed by atoms with E-state index < -0.39 is 11.4 Å². The molecule has 6 nitrogen and oxygen atoms in total. The maximum Gasteiger partial charge on any atom is 0.316 e. The molecule has 0 aliphatic rings. The van der Waals surface area contributed by atoms with Gasteiger partial charge in [-0.15, -0.1) is 0 Å². The molecule has 0 spiro atoms. The molecule has 2 aromatic heterocycles. The van der Waals surface area contributed by atoms with E-state index in [1.165, 1.54) is 19.2 Å². The molecule has 0 atom stereocenters. The summed E-state index contributed by atoms with van der Waals surface area (Å²) in [5.74, 6) is -0.0333. The van der Waals surface area contributed by atoms with E-state index in [0.717, 1.165) is 22.2 Å². The maximum atomic E-state index is 13.8. The zero-order valence-corrected chi connectivity index (χ0v) is 16.5. The van der Waals surface area contributed by atoms with Crippen molar-refractivity contribution in [3.63, 3.8) is 0 Å². The molecule has 8 heteroatoms. The number of H-pyrrole nitrogens is 1. The lowest BCUT2D eigenvalue weighted by molar-refractivity contribution is 0.402. The second kappa shape index (κ2) is 7.60. The number of aromatic amines is 1. The van der Waals surface area contributed by atoms with Gasteiger partial charge in [0, 0.05) is 22.1 Å². The minimum absolute atomic E-state index is 0.0917. The first kappa shape index (κ1) is 19.0. The third-order valence-electron chi connectivity index (χ3n) is 4.52. The van der Waals surface area contributed by atoms with Crippen LogP contribution in [0.5, 0.6) is 5.75 Å². The van der Waals surface area contributed by atoms with Gasteiger partial charge < -0.3 is 19.6 Å². The predicted molar refractivity (Wildman–Crippen MR) is 112 cm³/mol. The highest BCUT2D eigenvalue weighted by molar-refractivity contribution is 6.30. The van der Waals surface area contributed by atoms with Gasteiger partial charge in [-0.1, -0.05) is 11.6 Å². The van der Waals surface area contributed by atoms with Crippen molar-refractivity contribution in [2.24, 2.45) is 0 Å². The Kier molecular flexibility index (Phi) is 4.98. The molecule has 0 aliphatic carbocycles. The molecule has 0 bridgehead atoms. The first-order valence-corrected chi connectivity index (χ1v) is 9.26. The number of benzene rings is 2. The number of fused-ring (bicyclic) bond motifs is 1. The van der Waals surface area contributed by atoms with Crippen molar-refractivity contribution in [1.82, 2.24) is 14.5 Å². The molecule has 0 radical (unpaired) electrons. The number of anilines is 2. The van der Waals surface area contributed by atoms with E-state index in [0.29, 0.717) is 16.5 Å². The van der Waals surface area contributed by atoms with E-state index in [2.05, 4.69) is 15.3 Å². The first-order valence-electron chi connectivity index (χ1n) is 8.88. The van der Waals surface area contributed by atoms with Crippen LogP contribution in [-0.4, -0.2) is 21.6 Å². The molecule has 2 N–H and O–H groups in total. The smallest absolute Gasteiger partial charge is 0.316 e. The van der Waals surface area contributed by atoms with Crippen molar-refractivity contribution < 1.29 is 9.13 Å². The van der Waals surface area contributed by atoms with Crippen molar-refractivity contribution in [2.45, 2.75) is 13.5 Å². The number of methoxy groups -OCH3 is 1. The number of halogens is 2. The number of ether oxygens (including phenoxy) is 1. The quantitative estimate of drug-likeness (QED) is 0.501. The number of nitrogens with one attached hydrogen (secondary N) is 2. The summed E-state index contributed by atoms with van der Waals surface area (Å²) in [5, 5.41) is 4.49. The molecule has 2 aromatic carbocycles. The van der Waals surface area contributed by atoms with Crippen molar-refractivity contribution in [1.29, 1.82) is 0 Å². The largest absolute Gasteiger partial charge is 0.490 e. The summed E-state index contributed by atoms with van der Waals surface area (Å²) in [4.78, 5) is 19.6. The van der Waals surface area contributed by atoms with Gasteiger partial charge in [-0.25, -0.2) is 4.39 Å². The van der Waals surface area contributed by atoms with Crippen LogP contribution in [0.3, 0.4) is 0 Å². The van der Waals surface area contributed by atoms with Crippen LogP contribution in [0, 0.1) is 12.7 Å². The van der Waals surface area contributed by atoms with E-state index in [-0.39, 0.29) is 12.3 Å². The lowest BCUT2D eigenvalue weighted by Crippen LogP contribution is -2.18. The molecule has 0 saturated heterocycles. The van der Waals surface area contributed by atoms with Crippen LogP contribution in [0.1, 0.15) is 11.1 Å². The Labute approximate surface area is 170 Å². The summed E-state index contributed by atoms with van der Waals surface area (Å²) < 4.78 is 20.6. The zero-order valence-electron chi connectivity index (χ0n) is 15.8. The Morgan fingerprint density at radius 1 is 1.28 bits per heavy atom. The van der Waals surface area contributed by atoms with Crippen LogP contribution in [0.15, 0.2) is 53.6 Å². The summed E-state index contributed by atoms with van der Waals surface area (Å²) in [6, 6.07) is 10.2. The van der Waals surface area contributed by atoms with Crippen LogP contribution in [0.25, 0.3) is 10.9 Å². The number of nitrogens with zero attached hydrogens (tertiary/aromatic N) is 2. The third-order valence-corrected chi connectivity index (χ3v) is 4.74. The van der Waals surface area contributed by atoms with E-state index in [9.17, 15) is 9.18 Å². The number of aromatic nitrogens is 3. The average Bonchev–Trinajstić information content (AvgIpc) is 3.11. The van der Waals surface area contributed by atoms with Gasteiger partial charge in [-0.3, -0.25) is 4.79 Å². The minimum Gasteiger partial charge on any atom is -0.490 e. The molecule has 29 heavy (non-hydrogen) atoms. The second-order valence-corrected chi connectivity index (χ2v) is 7.16. The average molecular weight is 413 g/mol. The van der Waals surface area contributed by atoms with Gasteiger partial charge in [0.05, 0.1) is 25.5 Å². The maximum absolute atomic E-state index is 13.8. The number of hydrogen-bond acceptors (Lipinski definition) is 4. The molecule has 4 aromatic rings. The molecule has 0 saturated carbocycles. The minimum atomic E-state index is -0.499. The van der Waals surface area contributed by atoms with Crippen LogP contribution in [-0.2, 0) is 6.54 Å². The fourth-order valence-electron chi connectivity index (χ4n) is 3.27. The van der Waals surface area contributed by atoms with Crippen LogP contribution < -0.4 is 15.6 Å². The zero-order chi connectivity index (χ0) is 20.5. The Morgan fingerprint density at radius 2 is 2.10 bits per heavy atom. The standard InChI is InChI=1S/C21H18ClFN4O2/c1-12-5-17-16(3-4-24-17)18(6-12)25-21-26-20(28)19(29-2)11-27(21)10-13-7-14(22)9-15(23)8-13/h3-9,11,24H,10H2,1-2H3,(H,25,26,28). The highest BCUT2D eigenvalue weighted by Crippen LogP contribution is 2.27. The second-order valence-electron chi connectivity index (χ2n) is 6.72. The Hall–Kier alpha value is -3.32.